The van der Waals surface area contributed by atoms with E-state index >= 15 is 0 Å². The fraction of sp³-hybridized carbons (Fsp3) is 0.200. The molecule has 0 unspecified atom stereocenters. The minimum absolute atomic E-state index is 0.885. The molecule has 0 amide bonds. The van der Waals surface area contributed by atoms with Gasteiger partial charge in [-0.15, -0.1) is 0 Å². The zero-order valence-electron chi connectivity index (χ0n) is 9.66. The van der Waals surface area contributed by atoms with E-state index in [9.17, 15) is 0 Å². The Balaban J connectivity index is 2.34. The minimum Gasteiger partial charge on any atom is -0.497 e. The fourth-order valence-electron chi connectivity index (χ4n) is 1.67. The summed E-state index contributed by atoms with van der Waals surface area (Å²) in [4.78, 5) is 0. The highest BCUT2D eigenvalue weighted by atomic mass is 16.5. The van der Waals surface area contributed by atoms with Gasteiger partial charge in [-0.1, -0.05) is 37.3 Å². The van der Waals surface area contributed by atoms with Crippen LogP contribution in [-0.4, -0.2) is 7.11 Å². The molecule has 0 aliphatic carbocycles. The van der Waals surface area contributed by atoms with Gasteiger partial charge < -0.3 is 4.74 Å². The summed E-state index contributed by atoms with van der Waals surface area (Å²) in [6.45, 7) is 2.16. The van der Waals surface area contributed by atoms with Crippen LogP contribution in [0, 0.1) is 6.07 Å². The van der Waals surface area contributed by atoms with Crippen molar-refractivity contribution in [2.75, 3.05) is 7.11 Å². The highest BCUT2D eigenvalue weighted by Crippen LogP contribution is 2.22. The first kappa shape index (κ1) is 10.7. The molecule has 0 fully saturated rings. The van der Waals surface area contributed by atoms with E-state index in [0.29, 0.717) is 0 Å². The summed E-state index contributed by atoms with van der Waals surface area (Å²) in [5, 5.41) is 0. The number of ether oxygens (including phenoxy) is 1. The number of methoxy groups -OCH3 is 1. The summed E-state index contributed by atoms with van der Waals surface area (Å²) in [6.07, 6.45) is 1.05. The molecule has 81 valence electrons. The van der Waals surface area contributed by atoms with Gasteiger partial charge >= 0.3 is 0 Å². The maximum Gasteiger partial charge on any atom is 0.118 e. The molecular weight excluding hydrogens is 196 g/mol. The predicted molar refractivity (Wildman–Crippen MR) is 66.6 cm³/mol. The lowest BCUT2D eigenvalue weighted by molar-refractivity contribution is 0.415. The molecule has 0 saturated heterocycles. The normalized spacial score (nSPS) is 10.1. The standard InChI is InChI=1S/C15H15O/c1-3-12-5-4-6-14(11-12)13-7-9-15(16-2)10-8-13/h4-5,7-11H,3H2,1-2H3. The quantitative estimate of drug-likeness (QED) is 0.751. The molecular formula is C15H15O. The second-order valence-electron chi connectivity index (χ2n) is 3.69. The Kier molecular flexibility index (Phi) is 3.25. The highest BCUT2D eigenvalue weighted by molar-refractivity contribution is 5.64. The van der Waals surface area contributed by atoms with Gasteiger partial charge in [-0.2, -0.15) is 0 Å². The van der Waals surface area contributed by atoms with Crippen LogP contribution >= 0.6 is 0 Å². The highest BCUT2D eigenvalue weighted by Gasteiger charge is 1.99. The molecule has 0 aliphatic rings. The zero-order valence-corrected chi connectivity index (χ0v) is 9.66. The van der Waals surface area contributed by atoms with Gasteiger partial charge in [0.15, 0.2) is 0 Å². The molecule has 0 atom stereocenters. The van der Waals surface area contributed by atoms with Crippen molar-refractivity contribution >= 4 is 0 Å². The van der Waals surface area contributed by atoms with Crippen molar-refractivity contribution in [1.82, 2.24) is 0 Å². The van der Waals surface area contributed by atoms with Gasteiger partial charge in [-0.25, -0.2) is 0 Å². The van der Waals surface area contributed by atoms with E-state index in [2.05, 4.69) is 37.3 Å². The third kappa shape index (κ3) is 2.25. The predicted octanol–water partition coefficient (Wildman–Crippen LogP) is 3.72. The smallest absolute Gasteiger partial charge is 0.118 e. The van der Waals surface area contributed by atoms with Gasteiger partial charge in [-0.05, 0) is 41.3 Å². The maximum absolute atomic E-state index is 5.14. The lowest BCUT2D eigenvalue weighted by atomic mass is 10.0. The Hall–Kier alpha value is -1.76. The van der Waals surface area contributed by atoms with Crippen LogP contribution in [0.25, 0.3) is 11.1 Å². The van der Waals surface area contributed by atoms with E-state index < -0.39 is 0 Å². The molecule has 0 saturated carbocycles. The second kappa shape index (κ2) is 4.84. The Morgan fingerprint density at radius 1 is 1.12 bits per heavy atom. The Morgan fingerprint density at radius 3 is 2.50 bits per heavy atom. The van der Waals surface area contributed by atoms with Crippen molar-refractivity contribution in [1.29, 1.82) is 0 Å². The molecule has 2 aromatic rings. The van der Waals surface area contributed by atoms with Crippen molar-refractivity contribution in [3.05, 3.63) is 54.1 Å². The molecule has 0 heterocycles. The van der Waals surface area contributed by atoms with Gasteiger partial charge in [0, 0.05) is 0 Å². The number of aryl methyl sites for hydroxylation is 1. The summed E-state index contributed by atoms with van der Waals surface area (Å²) in [5.74, 6) is 0.885. The van der Waals surface area contributed by atoms with Crippen molar-refractivity contribution in [2.24, 2.45) is 0 Å². The first-order valence-corrected chi connectivity index (χ1v) is 5.48. The number of hydrogen-bond acceptors (Lipinski definition) is 1. The molecule has 0 N–H and O–H groups in total. The molecule has 1 nitrogen and oxygen atoms in total. The third-order valence-electron chi connectivity index (χ3n) is 2.68. The Morgan fingerprint density at radius 2 is 1.88 bits per heavy atom. The van der Waals surface area contributed by atoms with Crippen molar-refractivity contribution in [3.8, 4) is 16.9 Å². The van der Waals surface area contributed by atoms with Crippen molar-refractivity contribution in [3.63, 3.8) is 0 Å². The first-order valence-electron chi connectivity index (χ1n) is 5.48. The van der Waals surface area contributed by atoms with E-state index in [-0.39, 0.29) is 0 Å². The molecule has 0 aliphatic heterocycles. The fourth-order valence-corrected chi connectivity index (χ4v) is 1.67. The van der Waals surface area contributed by atoms with E-state index in [1.54, 1.807) is 7.11 Å². The molecule has 0 bridgehead atoms. The van der Waals surface area contributed by atoms with Crippen LogP contribution in [0.2, 0.25) is 0 Å². The van der Waals surface area contributed by atoms with E-state index in [0.717, 1.165) is 17.7 Å². The molecule has 0 aromatic heterocycles. The Labute approximate surface area is 96.7 Å². The summed E-state index contributed by atoms with van der Waals surface area (Å²) in [6, 6.07) is 17.6. The molecule has 2 aromatic carbocycles. The van der Waals surface area contributed by atoms with Crippen LogP contribution in [0.4, 0.5) is 0 Å². The molecule has 0 spiro atoms. The van der Waals surface area contributed by atoms with Crippen LogP contribution in [-0.2, 0) is 6.42 Å². The maximum atomic E-state index is 5.14. The van der Waals surface area contributed by atoms with E-state index in [1.165, 1.54) is 11.1 Å². The third-order valence-corrected chi connectivity index (χ3v) is 2.68. The van der Waals surface area contributed by atoms with Gasteiger partial charge in [0.1, 0.15) is 5.75 Å². The lowest BCUT2D eigenvalue weighted by Gasteiger charge is -2.05. The molecule has 16 heavy (non-hydrogen) atoms. The van der Waals surface area contributed by atoms with Crippen LogP contribution in [0.3, 0.4) is 0 Å². The first-order chi connectivity index (χ1) is 7.83. The molecule has 2 rings (SSSR count). The topological polar surface area (TPSA) is 9.23 Å². The monoisotopic (exact) mass is 211 g/mol. The summed E-state index contributed by atoms with van der Waals surface area (Å²) in [5.41, 5.74) is 3.66. The Bertz CT molecular complexity index is 457. The van der Waals surface area contributed by atoms with Crippen LogP contribution < -0.4 is 4.74 Å². The summed E-state index contributed by atoms with van der Waals surface area (Å²) < 4.78 is 5.14. The number of hydrogen-bond donors (Lipinski definition) is 0. The van der Waals surface area contributed by atoms with Gasteiger partial charge in [0.2, 0.25) is 0 Å². The average molecular weight is 211 g/mol. The summed E-state index contributed by atoms with van der Waals surface area (Å²) >= 11 is 0. The molecule has 1 heteroatoms. The summed E-state index contributed by atoms with van der Waals surface area (Å²) in [7, 11) is 1.68. The van der Waals surface area contributed by atoms with E-state index in [1.807, 2.05) is 18.2 Å². The SMILES string of the molecule is CCc1cc[c]c(-c2ccc(OC)cc2)c1. The van der Waals surface area contributed by atoms with Gasteiger partial charge in [0.25, 0.3) is 0 Å². The largest absolute Gasteiger partial charge is 0.497 e. The number of rotatable bonds is 3. The van der Waals surface area contributed by atoms with E-state index in [4.69, 9.17) is 4.74 Å². The number of benzene rings is 2. The minimum atomic E-state index is 0.885. The van der Waals surface area contributed by atoms with Gasteiger partial charge in [0.05, 0.1) is 7.11 Å². The van der Waals surface area contributed by atoms with Crippen molar-refractivity contribution in [2.45, 2.75) is 13.3 Å². The van der Waals surface area contributed by atoms with Crippen LogP contribution in [0.15, 0.2) is 42.5 Å². The zero-order chi connectivity index (χ0) is 11.4. The molecule has 1 radical (unpaired) electrons. The average Bonchev–Trinajstić information content (AvgIpc) is 2.39. The van der Waals surface area contributed by atoms with Crippen LogP contribution in [0.5, 0.6) is 5.75 Å². The van der Waals surface area contributed by atoms with Crippen molar-refractivity contribution < 1.29 is 4.74 Å². The lowest BCUT2D eigenvalue weighted by Crippen LogP contribution is -1.85. The second-order valence-corrected chi connectivity index (χ2v) is 3.69. The van der Waals surface area contributed by atoms with Crippen LogP contribution in [0.1, 0.15) is 12.5 Å². The van der Waals surface area contributed by atoms with Gasteiger partial charge in [-0.3, -0.25) is 0 Å².